The first-order chi connectivity index (χ1) is 5.41. The van der Waals surface area contributed by atoms with Crippen molar-refractivity contribution in [3.63, 3.8) is 0 Å². The van der Waals surface area contributed by atoms with Gasteiger partial charge in [-0.3, -0.25) is 0 Å². The van der Waals surface area contributed by atoms with E-state index in [1.54, 1.807) is 6.92 Å². The number of aliphatic hydroxyl groups excluding tert-OH is 1. The standard InChI is InChI=1S/C7H8F3NO/c1-4-6(12)2-5(3-11-4)7(8,9)10/h2-4,11-12H,1H3. The normalized spacial score (nSPS) is 24.2. The minimum Gasteiger partial charge on any atom is -0.510 e. The van der Waals surface area contributed by atoms with Crippen molar-refractivity contribution in [1.29, 1.82) is 0 Å². The highest BCUT2D eigenvalue weighted by atomic mass is 19.4. The highest BCUT2D eigenvalue weighted by Crippen LogP contribution is 2.28. The summed E-state index contributed by atoms with van der Waals surface area (Å²) in [6.45, 7) is 1.56. The van der Waals surface area contributed by atoms with Gasteiger partial charge in [-0.1, -0.05) is 0 Å². The second-order valence-electron chi connectivity index (χ2n) is 2.55. The van der Waals surface area contributed by atoms with Gasteiger partial charge in [0.15, 0.2) is 0 Å². The summed E-state index contributed by atoms with van der Waals surface area (Å²) in [5.41, 5.74) is -0.863. The van der Waals surface area contributed by atoms with Crippen molar-refractivity contribution in [3.8, 4) is 0 Å². The van der Waals surface area contributed by atoms with Crippen molar-refractivity contribution in [2.75, 3.05) is 0 Å². The Bertz CT molecular complexity index is 242. The van der Waals surface area contributed by atoms with Crippen molar-refractivity contribution in [3.05, 3.63) is 23.6 Å². The van der Waals surface area contributed by atoms with Crippen LogP contribution in [0, 0.1) is 0 Å². The smallest absolute Gasteiger partial charge is 0.417 e. The molecule has 0 bridgehead atoms. The van der Waals surface area contributed by atoms with E-state index in [1.165, 1.54) is 0 Å². The molecule has 1 unspecified atom stereocenters. The molecule has 12 heavy (non-hydrogen) atoms. The summed E-state index contributed by atoms with van der Waals surface area (Å²) >= 11 is 0. The number of hydrogen-bond donors (Lipinski definition) is 2. The molecule has 0 aliphatic carbocycles. The maximum atomic E-state index is 12.0. The minimum absolute atomic E-state index is 0.301. The van der Waals surface area contributed by atoms with Crippen LogP contribution in [-0.2, 0) is 0 Å². The molecule has 2 N–H and O–H groups in total. The molecule has 1 atom stereocenters. The Balaban J connectivity index is 2.85. The van der Waals surface area contributed by atoms with Crippen LogP contribution in [-0.4, -0.2) is 17.3 Å². The summed E-state index contributed by atoms with van der Waals surface area (Å²) in [6.07, 6.45) is -2.83. The summed E-state index contributed by atoms with van der Waals surface area (Å²) in [7, 11) is 0. The van der Waals surface area contributed by atoms with E-state index in [2.05, 4.69) is 5.32 Å². The van der Waals surface area contributed by atoms with Crippen LogP contribution in [0.3, 0.4) is 0 Å². The number of nitrogens with one attached hydrogen (secondary N) is 1. The van der Waals surface area contributed by atoms with Crippen molar-refractivity contribution in [1.82, 2.24) is 5.32 Å². The van der Waals surface area contributed by atoms with E-state index in [1.807, 2.05) is 0 Å². The second-order valence-corrected chi connectivity index (χ2v) is 2.55. The van der Waals surface area contributed by atoms with Gasteiger partial charge >= 0.3 is 6.18 Å². The van der Waals surface area contributed by atoms with E-state index in [0.29, 0.717) is 0 Å². The van der Waals surface area contributed by atoms with Gasteiger partial charge in [0, 0.05) is 6.20 Å². The Hall–Kier alpha value is -1.13. The highest BCUT2D eigenvalue weighted by Gasteiger charge is 2.34. The van der Waals surface area contributed by atoms with Crippen LogP contribution in [0.4, 0.5) is 13.2 Å². The van der Waals surface area contributed by atoms with Gasteiger partial charge in [-0.2, -0.15) is 13.2 Å². The first kappa shape index (κ1) is 8.96. The summed E-state index contributed by atoms with van der Waals surface area (Å²) in [5.74, 6) is -0.301. The van der Waals surface area contributed by atoms with Crippen molar-refractivity contribution < 1.29 is 18.3 Å². The van der Waals surface area contributed by atoms with E-state index in [4.69, 9.17) is 5.11 Å². The van der Waals surface area contributed by atoms with Gasteiger partial charge in [-0.25, -0.2) is 0 Å². The Morgan fingerprint density at radius 1 is 1.50 bits per heavy atom. The number of halogens is 3. The predicted molar refractivity (Wildman–Crippen MR) is 37.4 cm³/mol. The van der Waals surface area contributed by atoms with Crippen molar-refractivity contribution >= 4 is 0 Å². The third-order valence-electron chi connectivity index (χ3n) is 1.56. The van der Waals surface area contributed by atoms with Crippen molar-refractivity contribution in [2.24, 2.45) is 0 Å². The third kappa shape index (κ3) is 1.72. The average molecular weight is 179 g/mol. The lowest BCUT2D eigenvalue weighted by Crippen LogP contribution is -2.29. The summed E-state index contributed by atoms with van der Waals surface area (Å²) in [4.78, 5) is 0. The SMILES string of the molecule is CC1NC=C(C(F)(F)F)C=C1O. The molecule has 0 aromatic rings. The molecule has 0 radical (unpaired) electrons. The summed E-state index contributed by atoms with van der Waals surface area (Å²) in [6, 6.07) is -0.448. The van der Waals surface area contributed by atoms with Crippen molar-refractivity contribution in [2.45, 2.75) is 19.1 Å². The monoisotopic (exact) mass is 179 g/mol. The van der Waals surface area contributed by atoms with Gasteiger partial charge < -0.3 is 10.4 Å². The minimum atomic E-state index is -4.40. The molecule has 0 amide bonds. The van der Waals surface area contributed by atoms with Gasteiger partial charge in [0.1, 0.15) is 5.76 Å². The molecular weight excluding hydrogens is 171 g/mol. The molecule has 1 aliphatic rings. The van der Waals surface area contributed by atoms with E-state index >= 15 is 0 Å². The van der Waals surface area contributed by atoms with E-state index < -0.39 is 17.8 Å². The van der Waals surface area contributed by atoms with Gasteiger partial charge in [-0.15, -0.1) is 0 Å². The molecule has 1 heterocycles. The average Bonchev–Trinajstić information content (AvgIpc) is 1.92. The zero-order valence-electron chi connectivity index (χ0n) is 6.31. The molecule has 68 valence electrons. The largest absolute Gasteiger partial charge is 0.510 e. The third-order valence-corrected chi connectivity index (χ3v) is 1.56. The molecule has 0 aromatic carbocycles. The molecule has 5 heteroatoms. The number of rotatable bonds is 0. The van der Waals surface area contributed by atoms with Gasteiger partial charge in [0.2, 0.25) is 0 Å². The molecular formula is C7H8F3NO. The van der Waals surface area contributed by atoms with Crippen LogP contribution in [0.5, 0.6) is 0 Å². The quantitative estimate of drug-likeness (QED) is 0.594. The molecule has 0 fully saturated rings. The van der Waals surface area contributed by atoms with Crippen LogP contribution in [0.15, 0.2) is 23.6 Å². The number of dihydropyridines is 1. The van der Waals surface area contributed by atoms with Gasteiger partial charge in [0.25, 0.3) is 0 Å². The maximum absolute atomic E-state index is 12.0. The molecule has 0 spiro atoms. The first-order valence-electron chi connectivity index (χ1n) is 3.35. The fourth-order valence-corrected chi connectivity index (χ4v) is 0.790. The zero-order chi connectivity index (χ0) is 9.35. The van der Waals surface area contributed by atoms with Crippen LogP contribution in [0.2, 0.25) is 0 Å². The van der Waals surface area contributed by atoms with Crippen LogP contribution < -0.4 is 5.32 Å². The molecule has 1 rings (SSSR count). The maximum Gasteiger partial charge on any atom is 0.417 e. The Morgan fingerprint density at radius 2 is 2.08 bits per heavy atom. The van der Waals surface area contributed by atoms with E-state index in [0.717, 1.165) is 12.3 Å². The summed E-state index contributed by atoms with van der Waals surface area (Å²) < 4.78 is 35.9. The van der Waals surface area contributed by atoms with Gasteiger partial charge in [-0.05, 0) is 13.0 Å². The number of alkyl halides is 3. The Labute approximate surface area is 67.4 Å². The molecule has 0 saturated heterocycles. The Morgan fingerprint density at radius 3 is 2.50 bits per heavy atom. The first-order valence-corrected chi connectivity index (χ1v) is 3.35. The number of hydrogen-bond acceptors (Lipinski definition) is 2. The molecule has 2 nitrogen and oxygen atoms in total. The lowest BCUT2D eigenvalue weighted by Gasteiger charge is -2.19. The second kappa shape index (κ2) is 2.73. The predicted octanol–water partition coefficient (Wildman–Crippen LogP) is 1.87. The van der Waals surface area contributed by atoms with Crippen LogP contribution in [0.1, 0.15) is 6.92 Å². The lowest BCUT2D eigenvalue weighted by atomic mass is 10.1. The lowest BCUT2D eigenvalue weighted by molar-refractivity contribution is -0.0892. The number of allylic oxidation sites excluding steroid dienone is 2. The van der Waals surface area contributed by atoms with E-state index in [-0.39, 0.29) is 5.76 Å². The van der Waals surface area contributed by atoms with Crippen LogP contribution in [0.25, 0.3) is 0 Å². The fraction of sp³-hybridized carbons (Fsp3) is 0.429. The summed E-state index contributed by atoms with van der Waals surface area (Å²) in [5, 5.41) is 11.4. The van der Waals surface area contributed by atoms with E-state index in [9.17, 15) is 13.2 Å². The molecule has 0 saturated carbocycles. The highest BCUT2D eigenvalue weighted by molar-refractivity contribution is 5.30. The molecule has 0 aromatic heterocycles. The fourth-order valence-electron chi connectivity index (χ4n) is 0.790. The van der Waals surface area contributed by atoms with Gasteiger partial charge in [0.05, 0.1) is 11.6 Å². The topological polar surface area (TPSA) is 32.3 Å². The zero-order valence-corrected chi connectivity index (χ0v) is 6.31. The molecule has 1 aliphatic heterocycles. The van der Waals surface area contributed by atoms with Crippen LogP contribution >= 0.6 is 0 Å². The number of aliphatic hydroxyl groups is 1. The Kier molecular flexibility index (Phi) is 2.04.